The third-order valence-corrected chi connectivity index (χ3v) is 5.82. The summed E-state index contributed by atoms with van der Waals surface area (Å²) in [4.78, 5) is 2.18. The fourth-order valence-corrected chi connectivity index (χ4v) is 4.47. The molecule has 1 aliphatic heterocycles. The number of nitriles is 3. The predicted octanol–water partition coefficient (Wildman–Crippen LogP) is 2.97. The summed E-state index contributed by atoms with van der Waals surface area (Å²) in [6.07, 6.45) is 2.85. The molecule has 0 saturated heterocycles. The third-order valence-electron chi connectivity index (χ3n) is 5.82. The molecule has 3 rings (SSSR count). The number of halogens is 1. The third kappa shape index (κ3) is 3.12. The van der Waals surface area contributed by atoms with Gasteiger partial charge in [0.2, 0.25) is 0 Å². The van der Waals surface area contributed by atoms with Gasteiger partial charge in [-0.15, -0.1) is 0 Å². The maximum Gasteiger partial charge on any atom is 0.191 e. The highest BCUT2D eigenvalue weighted by molar-refractivity contribution is 5.59. The summed E-state index contributed by atoms with van der Waals surface area (Å²) < 4.78 is 20.2. The maximum atomic E-state index is 15.0. The van der Waals surface area contributed by atoms with Gasteiger partial charge < -0.3 is 10.5 Å². The van der Waals surface area contributed by atoms with Gasteiger partial charge in [-0.25, -0.2) is 4.39 Å². The average Bonchev–Trinajstić information content (AvgIpc) is 2.74. The first-order valence-electron chi connectivity index (χ1n) is 9.46. The Balaban J connectivity index is 2.32. The number of nitrogens with zero attached hydrogens (tertiary/aromatic N) is 4. The van der Waals surface area contributed by atoms with Crippen molar-refractivity contribution in [1.82, 2.24) is 4.90 Å². The summed E-state index contributed by atoms with van der Waals surface area (Å²) in [6, 6.07) is 10.4. The molecule has 0 aromatic heterocycles. The molecule has 2 unspecified atom stereocenters. The number of fused-ring (bicyclic) bond motifs is 1. The van der Waals surface area contributed by atoms with Crippen LogP contribution in [0.3, 0.4) is 0 Å². The Morgan fingerprint density at radius 1 is 1.31 bits per heavy atom. The first-order valence-corrected chi connectivity index (χ1v) is 9.46. The summed E-state index contributed by atoms with van der Waals surface area (Å²) in [5, 5.41) is 29.8. The molecule has 148 valence electrons. The Bertz CT molecular complexity index is 993. The van der Waals surface area contributed by atoms with E-state index in [9.17, 15) is 20.2 Å². The van der Waals surface area contributed by atoms with Gasteiger partial charge in [-0.05, 0) is 42.3 Å². The minimum Gasteiger partial charge on any atom is -0.497 e. The summed E-state index contributed by atoms with van der Waals surface area (Å²) in [5.74, 6) is -1.40. The number of nitrogens with two attached hydrogens (primary N) is 1. The molecule has 1 aromatic rings. The number of rotatable bonds is 4. The summed E-state index contributed by atoms with van der Waals surface area (Å²) in [6.45, 7) is 4.02. The largest absolute Gasteiger partial charge is 0.497 e. The predicted molar refractivity (Wildman–Crippen MR) is 104 cm³/mol. The molecule has 2 N–H and O–H groups in total. The zero-order chi connectivity index (χ0) is 21.2. The van der Waals surface area contributed by atoms with Gasteiger partial charge in [0.25, 0.3) is 0 Å². The van der Waals surface area contributed by atoms with Crippen LogP contribution in [0.1, 0.15) is 24.8 Å². The number of ether oxygens (including phenoxy) is 1. The van der Waals surface area contributed by atoms with Gasteiger partial charge >= 0.3 is 0 Å². The van der Waals surface area contributed by atoms with Gasteiger partial charge in [0.15, 0.2) is 5.41 Å². The Hall–Kier alpha value is -3.34. The molecule has 0 bridgehead atoms. The SMILES string of the molecule is CCCN1CC=C2C(C#N)=C(N)C(C#N)(C#N)C(c3cc(OC)ccc3F)C2C1. The fourth-order valence-electron chi connectivity index (χ4n) is 4.47. The highest BCUT2D eigenvalue weighted by atomic mass is 19.1. The summed E-state index contributed by atoms with van der Waals surface area (Å²) in [5.41, 5.74) is 5.33. The molecular formula is C22H22FN5O. The van der Waals surface area contributed by atoms with Crippen molar-refractivity contribution in [2.45, 2.75) is 19.3 Å². The van der Waals surface area contributed by atoms with Crippen LogP contribution < -0.4 is 10.5 Å². The quantitative estimate of drug-likeness (QED) is 0.845. The zero-order valence-electron chi connectivity index (χ0n) is 16.4. The van der Waals surface area contributed by atoms with Gasteiger partial charge in [0.05, 0.1) is 30.5 Å². The van der Waals surface area contributed by atoms with Crippen molar-refractivity contribution in [2.24, 2.45) is 17.1 Å². The average molecular weight is 391 g/mol. The lowest BCUT2D eigenvalue weighted by Gasteiger charge is -2.45. The van der Waals surface area contributed by atoms with E-state index in [1.165, 1.54) is 25.3 Å². The van der Waals surface area contributed by atoms with Crippen molar-refractivity contribution < 1.29 is 9.13 Å². The normalized spacial score (nSPS) is 23.2. The van der Waals surface area contributed by atoms with E-state index >= 15 is 0 Å². The lowest BCUT2D eigenvalue weighted by Crippen LogP contribution is -2.48. The minimum atomic E-state index is -1.85. The maximum absolute atomic E-state index is 15.0. The van der Waals surface area contributed by atoms with E-state index in [1.54, 1.807) is 0 Å². The van der Waals surface area contributed by atoms with E-state index in [4.69, 9.17) is 10.5 Å². The lowest BCUT2D eigenvalue weighted by molar-refractivity contribution is 0.205. The number of allylic oxidation sites excluding steroid dienone is 2. The van der Waals surface area contributed by atoms with Crippen LogP contribution in [0, 0.1) is 51.1 Å². The standard InChI is InChI=1S/C22H22FN5O/c1-3-7-28-8-6-15-17(10-24)21(27)22(12-25,13-26)20(18(15)11-28)16-9-14(29-2)4-5-19(16)23/h4-6,9,18,20H,3,7-8,11,27H2,1-2H3. The Morgan fingerprint density at radius 2 is 2.03 bits per heavy atom. The second-order valence-corrected chi connectivity index (χ2v) is 7.32. The van der Waals surface area contributed by atoms with Gasteiger partial charge in [-0.3, -0.25) is 4.90 Å². The van der Waals surface area contributed by atoms with E-state index in [0.29, 0.717) is 24.4 Å². The molecule has 6 nitrogen and oxygen atoms in total. The van der Waals surface area contributed by atoms with Gasteiger partial charge in [-0.1, -0.05) is 13.0 Å². The van der Waals surface area contributed by atoms with Crippen molar-refractivity contribution in [3.8, 4) is 24.0 Å². The molecule has 0 saturated carbocycles. The summed E-state index contributed by atoms with van der Waals surface area (Å²) >= 11 is 0. The van der Waals surface area contributed by atoms with Crippen molar-refractivity contribution in [2.75, 3.05) is 26.7 Å². The first kappa shape index (κ1) is 20.4. The van der Waals surface area contributed by atoms with E-state index in [1.807, 2.05) is 18.2 Å². The molecule has 0 spiro atoms. The monoisotopic (exact) mass is 391 g/mol. The topological polar surface area (TPSA) is 110 Å². The number of benzene rings is 1. The van der Waals surface area contributed by atoms with E-state index in [0.717, 1.165) is 13.0 Å². The fraction of sp³-hybridized carbons (Fsp3) is 0.409. The van der Waals surface area contributed by atoms with Crippen LogP contribution in [0.4, 0.5) is 4.39 Å². The van der Waals surface area contributed by atoms with Crippen LogP contribution in [0.25, 0.3) is 0 Å². The Morgan fingerprint density at radius 3 is 2.62 bits per heavy atom. The molecule has 0 radical (unpaired) electrons. The van der Waals surface area contributed by atoms with Crippen LogP contribution in [0.2, 0.25) is 0 Å². The Kier molecular flexibility index (Phi) is 5.59. The smallest absolute Gasteiger partial charge is 0.191 e. The summed E-state index contributed by atoms with van der Waals surface area (Å²) in [7, 11) is 1.47. The van der Waals surface area contributed by atoms with E-state index < -0.39 is 23.1 Å². The molecular weight excluding hydrogens is 369 g/mol. The van der Waals surface area contributed by atoms with Gasteiger partial charge in [0.1, 0.15) is 17.6 Å². The molecule has 29 heavy (non-hydrogen) atoms. The second kappa shape index (κ2) is 7.95. The molecule has 0 fully saturated rings. The molecule has 1 heterocycles. The number of hydrogen-bond acceptors (Lipinski definition) is 6. The van der Waals surface area contributed by atoms with Crippen LogP contribution in [-0.4, -0.2) is 31.6 Å². The molecule has 7 heteroatoms. The van der Waals surface area contributed by atoms with Crippen molar-refractivity contribution in [3.05, 3.63) is 52.5 Å². The molecule has 1 aromatic carbocycles. The highest BCUT2D eigenvalue weighted by Crippen LogP contribution is 2.54. The van der Waals surface area contributed by atoms with Crippen molar-refractivity contribution in [1.29, 1.82) is 15.8 Å². The number of hydrogen-bond donors (Lipinski definition) is 1. The van der Waals surface area contributed by atoms with Crippen LogP contribution in [0.5, 0.6) is 5.75 Å². The first-order chi connectivity index (χ1) is 14.0. The van der Waals surface area contributed by atoms with E-state index in [-0.39, 0.29) is 16.8 Å². The molecule has 0 amide bonds. The molecule has 1 aliphatic carbocycles. The zero-order valence-corrected chi connectivity index (χ0v) is 16.4. The lowest BCUT2D eigenvalue weighted by atomic mass is 9.58. The molecule has 2 atom stereocenters. The van der Waals surface area contributed by atoms with Gasteiger partial charge in [0, 0.05) is 24.9 Å². The van der Waals surface area contributed by atoms with E-state index in [2.05, 4.69) is 17.9 Å². The molecule has 2 aliphatic rings. The minimum absolute atomic E-state index is 0.108. The number of methoxy groups -OCH3 is 1. The second-order valence-electron chi connectivity index (χ2n) is 7.32. The van der Waals surface area contributed by atoms with Crippen LogP contribution >= 0.6 is 0 Å². The van der Waals surface area contributed by atoms with Crippen molar-refractivity contribution in [3.63, 3.8) is 0 Å². The van der Waals surface area contributed by atoms with Crippen LogP contribution in [-0.2, 0) is 0 Å². The highest BCUT2D eigenvalue weighted by Gasteiger charge is 2.55. The van der Waals surface area contributed by atoms with Gasteiger partial charge in [-0.2, -0.15) is 15.8 Å². The Labute approximate surface area is 169 Å². The van der Waals surface area contributed by atoms with Crippen molar-refractivity contribution >= 4 is 0 Å². The van der Waals surface area contributed by atoms with Crippen LogP contribution in [0.15, 0.2) is 41.1 Å².